The van der Waals surface area contributed by atoms with Gasteiger partial charge in [0.2, 0.25) is 0 Å². The number of likely N-dealkylation sites (N-methyl/N-ethyl adjacent to an activating group) is 1. The van der Waals surface area contributed by atoms with E-state index in [2.05, 4.69) is 21.2 Å². The Morgan fingerprint density at radius 1 is 1.50 bits per heavy atom. The Morgan fingerprint density at radius 2 is 2.11 bits per heavy atom. The first-order chi connectivity index (χ1) is 8.21. The first kappa shape index (κ1) is 15.2. The summed E-state index contributed by atoms with van der Waals surface area (Å²) in [5.41, 5.74) is 5.73. The van der Waals surface area contributed by atoms with Gasteiger partial charge in [0.1, 0.15) is 5.82 Å². The van der Waals surface area contributed by atoms with E-state index in [1.54, 1.807) is 13.0 Å². The van der Waals surface area contributed by atoms with Crippen LogP contribution in [0.15, 0.2) is 16.6 Å². The van der Waals surface area contributed by atoms with E-state index >= 15 is 0 Å². The van der Waals surface area contributed by atoms with Gasteiger partial charge >= 0.3 is 0 Å². The molecule has 0 fully saturated rings. The van der Waals surface area contributed by atoms with Crippen molar-refractivity contribution in [2.24, 2.45) is 0 Å². The van der Waals surface area contributed by atoms with E-state index in [0.29, 0.717) is 28.9 Å². The number of nitrogens with one attached hydrogen (secondary N) is 1. The number of aliphatic hydroxyl groups is 1. The van der Waals surface area contributed by atoms with Crippen molar-refractivity contribution in [1.29, 1.82) is 0 Å². The zero-order chi connectivity index (χ0) is 13.9. The molecule has 1 aromatic rings. The first-order valence-electron chi connectivity index (χ1n) is 5.57. The molecule has 4 nitrogen and oxygen atoms in total. The van der Waals surface area contributed by atoms with E-state index < -0.39 is 11.4 Å². The van der Waals surface area contributed by atoms with Crippen LogP contribution in [-0.4, -0.2) is 42.8 Å². The third-order valence-electron chi connectivity index (χ3n) is 2.41. The number of nitrogen functional groups attached to an aromatic ring is 1. The van der Waals surface area contributed by atoms with Crippen molar-refractivity contribution in [3.05, 3.63) is 22.4 Å². The maximum atomic E-state index is 13.2. The largest absolute Gasteiger partial charge is 0.397 e. The Hall–Kier alpha value is -0.850. The summed E-state index contributed by atoms with van der Waals surface area (Å²) in [6, 6.07) is 2.81. The van der Waals surface area contributed by atoms with Gasteiger partial charge in [-0.1, -0.05) is 0 Å². The molecule has 6 heteroatoms. The predicted molar refractivity (Wildman–Crippen MR) is 76.2 cm³/mol. The molecule has 0 spiro atoms. The normalized spacial score (nSPS) is 14.6. The minimum Gasteiger partial charge on any atom is -0.397 e. The first-order valence-corrected chi connectivity index (χ1v) is 6.36. The second-order valence-corrected chi connectivity index (χ2v) is 5.80. The summed E-state index contributed by atoms with van der Waals surface area (Å²) >= 11 is 3.10. The van der Waals surface area contributed by atoms with Gasteiger partial charge in [-0.15, -0.1) is 0 Å². The number of nitrogens with zero attached hydrogens (tertiary/aromatic N) is 1. The minimum atomic E-state index is -0.892. The summed E-state index contributed by atoms with van der Waals surface area (Å²) in [5, 5.41) is 13.2. The molecular weight excluding hydrogens is 301 g/mol. The van der Waals surface area contributed by atoms with Crippen molar-refractivity contribution in [2.45, 2.75) is 12.5 Å². The number of anilines is 2. The van der Waals surface area contributed by atoms with Crippen LogP contribution in [0.3, 0.4) is 0 Å². The van der Waals surface area contributed by atoms with E-state index in [0.717, 1.165) is 0 Å². The van der Waals surface area contributed by atoms with Crippen LogP contribution >= 0.6 is 15.9 Å². The fourth-order valence-electron chi connectivity index (χ4n) is 1.74. The standard InChI is InChI=1S/C12H19BrFN3O/c1-12(18,7-17(2)3)6-16-11-4-8(13)9(14)5-10(11)15/h4-5,16,18H,6-7,15H2,1-3H3. The molecule has 0 aliphatic carbocycles. The van der Waals surface area contributed by atoms with Crippen LogP contribution in [-0.2, 0) is 0 Å². The maximum absolute atomic E-state index is 13.2. The van der Waals surface area contributed by atoms with Crippen LogP contribution < -0.4 is 11.1 Å². The molecule has 0 saturated carbocycles. The lowest BCUT2D eigenvalue weighted by Crippen LogP contribution is -2.43. The monoisotopic (exact) mass is 319 g/mol. The average Bonchev–Trinajstić information content (AvgIpc) is 2.19. The molecular formula is C12H19BrFN3O. The highest BCUT2D eigenvalue weighted by Gasteiger charge is 2.21. The average molecular weight is 320 g/mol. The van der Waals surface area contributed by atoms with Crippen molar-refractivity contribution >= 4 is 27.3 Å². The Balaban J connectivity index is 2.72. The number of benzene rings is 1. The molecule has 1 atom stereocenters. The lowest BCUT2D eigenvalue weighted by atomic mass is 10.1. The van der Waals surface area contributed by atoms with Crippen molar-refractivity contribution in [3.63, 3.8) is 0 Å². The van der Waals surface area contributed by atoms with Gasteiger partial charge in [-0.05, 0) is 43.0 Å². The molecule has 102 valence electrons. The van der Waals surface area contributed by atoms with Gasteiger partial charge in [-0.2, -0.15) is 0 Å². The van der Waals surface area contributed by atoms with Crippen LogP contribution in [0.25, 0.3) is 0 Å². The van der Waals surface area contributed by atoms with Crippen LogP contribution in [0, 0.1) is 5.82 Å². The van der Waals surface area contributed by atoms with Crippen LogP contribution in [0.1, 0.15) is 6.92 Å². The molecule has 18 heavy (non-hydrogen) atoms. The fourth-order valence-corrected chi connectivity index (χ4v) is 2.08. The van der Waals surface area contributed by atoms with Gasteiger partial charge < -0.3 is 21.1 Å². The molecule has 0 amide bonds. The van der Waals surface area contributed by atoms with Crippen molar-refractivity contribution in [3.8, 4) is 0 Å². The van der Waals surface area contributed by atoms with E-state index in [4.69, 9.17) is 5.73 Å². The molecule has 0 saturated heterocycles. The summed E-state index contributed by atoms with van der Waals surface area (Å²) in [6.07, 6.45) is 0. The van der Waals surface area contributed by atoms with Crippen molar-refractivity contribution in [2.75, 3.05) is 38.2 Å². The second kappa shape index (κ2) is 5.86. The van der Waals surface area contributed by atoms with Crippen LogP contribution in [0.2, 0.25) is 0 Å². The third kappa shape index (κ3) is 4.44. The lowest BCUT2D eigenvalue weighted by molar-refractivity contribution is 0.0460. The number of halogens is 2. The van der Waals surface area contributed by atoms with Gasteiger partial charge in [-0.25, -0.2) is 4.39 Å². The summed E-state index contributed by atoms with van der Waals surface area (Å²) in [7, 11) is 3.77. The fraction of sp³-hybridized carbons (Fsp3) is 0.500. The summed E-state index contributed by atoms with van der Waals surface area (Å²) in [5.74, 6) is -0.405. The Kier molecular flexibility index (Phi) is 4.95. The number of hydrogen-bond acceptors (Lipinski definition) is 4. The molecule has 1 aromatic carbocycles. The zero-order valence-electron chi connectivity index (χ0n) is 10.8. The molecule has 1 unspecified atom stereocenters. The minimum absolute atomic E-state index is 0.316. The third-order valence-corrected chi connectivity index (χ3v) is 3.02. The highest BCUT2D eigenvalue weighted by Crippen LogP contribution is 2.27. The van der Waals surface area contributed by atoms with Crippen LogP contribution in [0.4, 0.5) is 15.8 Å². The van der Waals surface area contributed by atoms with E-state index in [1.165, 1.54) is 6.07 Å². The highest BCUT2D eigenvalue weighted by atomic mass is 79.9. The molecule has 0 bridgehead atoms. The highest BCUT2D eigenvalue weighted by molar-refractivity contribution is 9.10. The van der Waals surface area contributed by atoms with Gasteiger partial charge in [0.15, 0.2) is 0 Å². The summed E-state index contributed by atoms with van der Waals surface area (Å²) < 4.78 is 13.5. The van der Waals surface area contributed by atoms with Crippen molar-refractivity contribution in [1.82, 2.24) is 4.90 Å². The number of rotatable bonds is 5. The lowest BCUT2D eigenvalue weighted by Gasteiger charge is -2.27. The molecule has 0 aromatic heterocycles. The van der Waals surface area contributed by atoms with E-state index in [1.807, 2.05) is 19.0 Å². The van der Waals surface area contributed by atoms with Gasteiger partial charge in [0, 0.05) is 19.2 Å². The summed E-state index contributed by atoms with van der Waals surface area (Å²) in [4.78, 5) is 1.89. The molecule has 0 aliphatic heterocycles. The van der Waals surface area contributed by atoms with Gasteiger partial charge in [0.25, 0.3) is 0 Å². The van der Waals surface area contributed by atoms with Crippen LogP contribution in [0.5, 0.6) is 0 Å². The molecule has 4 N–H and O–H groups in total. The number of nitrogens with two attached hydrogens (primary N) is 1. The zero-order valence-corrected chi connectivity index (χ0v) is 12.4. The smallest absolute Gasteiger partial charge is 0.139 e. The SMILES string of the molecule is CN(C)CC(C)(O)CNc1cc(Br)c(F)cc1N. The molecule has 1 rings (SSSR count). The topological polar surface area (TPSA) is 61.5 Å². The Labute approximate surface area is 115 Å². The molecule has 0 aliphatic rings. The molecule has 0 radical (unpaired) electrons. The van der Waals surface area contributed by atoms with Gasteiger partial charge in [-0.3, -0.25) is 0 Å². The summed E-state index contributed by atoms with van der Waals surface area (Å²) in [6.45, 7) is 2.57. The van der Waals surface area contributed by atoms with E-state index in [9.17, 15) is 9.50 Å². The Bertz CT molecular complexity index is 424. The maximum Gasteiger partial charge on any atom is 0.139 e. The predicted octanol–water partition coefficient (Wildman–Crippen LogP) is 1.89. The van der Waals surface area contributed by atoms with Gasteiger partial charge in [0.05, 0.1) is 21.4 Å². The van der Waals surface area contributed by atoms with E-state index in [-0.39, 0.29) is 0 Å². The second-order valence-electron chi connectivity index (χ2n) is 4.94. The molecule has 0 heterocycles. The quantitative estimate of drug-likeness (QED) is 0.725. The Morgan fingerprint density at radius 3 is 2.67 bits per heavy atom. The number of hydrogen-bond donors (Lipinski definition) is 3. The van der Waals surface area contributed by atoms with Crippen molar-refractivity contribution < 1.29 is 9.50 Å².